The first-order valence-corrected chi connectivity index (χ1v) is 9.80. The van der Waals surface area contributed by atoms with Crippen LogP contribution in [0.3, 0.4) is 0 Å². The Morgan fingerprint density at radius 1 is 1.07 bits per heavy atom. The number of rotatable bonds is 12. The van der Waals surface area contributed by atoms with E-state index >= 15 is 0 Å². The summed E-state index contributed by atoms with van der Waals surface area (Å²) in [5.41, 5.74) is 1.05. The first-order chi connectivity index (χ1) is 14.1. The van der Waals surface area contributed by atoms with Crippen LogP contribution in [0.5, 0.6) is 5.88 Å². The standard InChI is InChI=1S/C21H28N4O4/c1-3-14-25(15-21(27)28-4-2)20(26)12-13-22-18-10-11-19(24-23-18)29-16-17-8-6-5-7-9-17/h5-11H,3-4,12-16H2,1-2H3,(H,22,23). The molecule has 0 bridgehead atoms. The highest BCUT2D eigenvalue weighted by Crippen LogP contribution is 2.11. The van der Waals surface area contributed by atoms with Crippen molar-refractivity contribution in [2.24, 2.45) is 0 Å². The molecular weight excluding hydrogens is 372 g/mol. The molecule has 0 aliphatic heterocycles. The minimum absolute atomic E-state index is 0.0201. The molecule has 1 heterocycles. The van der Waals surface area contributed by atoms with Crippen LogP contribution in [0, 0.1) is 0 Å². The van der Waals surface area contributed by atoms with E-state index in [2.05, 4.69) is 15.5 Å². The topological polar surface area (TPSA) is 93.7 Å². The van der Waals surface area contributed by atoms with Crippen molar-refractivity contribution < 1.29 is 19.1 Å². The van der Waals surface area contributed by atoms with Crippen molar-refractivity contribution in [3.63, 3.8) is 0 Å². The van der Waals surface area contributed by atoms with E-state index < -0.39 is 0 Å². The summed E-state index contributed by atoms with van der Waals surface area (Å²) in [5.74, 6) is 0.485. The molecular formula is C21H28N4O4. The van der Waals surface area contributed by atoms with Crippen LogP contribution in [0.4, 0.5) is 5.82 Å². The Morgan fingerprint density at radius 2 is 1.86 bits per heavy atom. The number of esters is 1. The molecule has 0 spiro atoms. The van der Waals surface area contributed by atoms with E-state index in [0.717, 1.165) is 12.0 Å². The third kappa shape index (κ3) is 8.16. The number of nitrogens with one attached hydrogen (secondary N) is 1. The van der Waals surface area contributed by atoms with Gasteiger partial charge in [-0.05, 0) is 25.0 Å². The average molecular weight is 400 g/mol. The number of aromatic nitrogens is 2. The predicted octanol–water partition coefficient (Wildman–Crippen LogP) is 2.66. The Morgan fingerprint density at radius 3 is 2.52 bits per heavy atom. The van der Waals surface area contributed by atoms with Crippen molar-refractivity contribution in [3.05, 3.63) is 48.0 Å². The molecule has 0 radical (unpaired) electrons. The first kappa shape index (κ1) is 22.1. The van der Waals surface area contributed by atoms with Crippen LogP contribution in [0.1, 0.15) is 32.3 Å². The molecule has 0 aliphatic rings. The van der Waals surface area contributed by atoms with Crippen LogP contribution in [0.15, 0.2) is 42.5 Å². The van der Waals surface area contributed by atoms with Gasteiger partial charge in [-0.2, -0.15) is 0 Å². The summed E-state index contributed by atoms with van der Waals surface area (Å²) >= 11 is 0. The van der Waals surface area contributed by atoms with Gasteiger partial charge in [-0.15, -0.1) is 10.2 Å². The van der Waals surface area contributed by atoms with E-state index in [4.69, 9.17) is 9.47 Å². The quantitative estimate of drug-likeness (QED) is 0.548. The monoisotopic (exact) mass is 400 g/mol. The number of hydrogen-bond acceptors (Lipinski definition) is 7. The summed E-state index contributed by atoms with van der Waals surface area (Å²) in [5, 5.41) is 11.1. The maximum absolute atomic E-state index is 12.4. The third-order valence-corrected chi connectivity index (χ3v) is 3.99. The second kappa shape index (κ2) is 12.3. The molecule has 0 atom stereocenters. The Bertz CT molecular complexity index is 753. The van der Waals surface area contributed by atoms with E-state index in [1.165, 1.54) is 4.90 Å². The number of benzene rings is 1. The van der Waals surface area contributed by atoms with Crippen LogP contribution >= 0.6 is 0 Å². The van der Waals surface area contributed by atoms with Crippen molar-refractivity contribution in [2.45, 2.75) is 33.3 Å². The number of ether oxygens (including phenoxy) is 2. The lowest BCUT2D eigenvalue weighted by Crippen LogP contribution is -2.37. The van der Waals surface area contributed by atoms with E-state index in [1.807, 2.05) is 37.3 Å². The van der Waals surface area contributed by atoms with Gasteiger partial charge in [0.05, 0.1) is 6.61 Å². The number of anilines is 1. The van der Waals surface area contributed by atoms with E-state index in [-0.39, 0.29) is 24.8 Å². The fourth-order valence-corrected chi connectivity index (χ4v) is 2.60. The highest BCUT2D eigenvalue weighted by atomic mass is 16.5. The van der Waals surface area contributed by atoms with Crippen LogP contribution in [-0.2, 0) is 20.9 Å². The highest BCUT2D eigenvalue weighted by Gasteiger charge is 2.16. The average Bonchev–Trinajstić information content (AvgIpc) is 2.74. The van der Waals surface area contributed by atoms with Gasteiger partial charge in [0.2, 0.25) is 11.8 Å². The zero-order valence-electron chi connectivity index (χ0n) is 17.0. The molecule has 156 valence electrons. The summed E-state index contributed by atoms with van der Waals surface area (Å²) in [6.45, 7) is 5.32. The first-order valence-electron chi connectivity index (χ1n) is 9.80. The summed E-state index contributed by atoms with van der Waals surface area (Å²) in [6, 6.07) is 13.3. The lowest BCUT2D eigenvalue weighted by molar-refractivity contribution is -0.148. The van der Waals surface area contributed by atoms with Crippen molar-refractivity contribution in [3.8, 4) is 5.88 Å². The van der Waals surface area contributed by atoms with Gasteiger partial charge in [0.25, 0.3) is 0 Å². The lowest BCUT2D eigenvalue weighted by atomic mass is 10.2. The van der Waals surface area contributed by atoms with Crippen LogP contribution < -0.4 is 10.1 Å². The molecule has 2 aromatic rings. The van der Waals surface area contributed by atoms with Crippen LogP contribution in [-0.4, -0.2) is 53.2 Å². The molecule has 1 N–H and O–H groups in total. The zero-order valence-corrected chi connectivity index (χ0v) is 17.0. The number of carbonyl (C=O) groups excluding carboxylic acids is 2. The lowest BCUT2D eigenvalue weighted by Gasteiger charge is -2.21. The smallest absolute Gasteiger partial charge is 0.325 e. The largest absolute Gasteiger partial charge is 0.472 e. The molecule has 0 unspecified atom stereocenters. The Hall–Kier alpha value is -3.16. The van der Waals surface area contributed by atoms with Crippen molar-refractivity contribution in [2.75, 3.05) is 31.6 Å². The number of hydrogen-bond donors (Lipinski definition) is 1. The van der Waals surface area contributed by atoms with Gasteiger partial charge in [-0.25, -0.2) is 0 Å². The summed E-state index contributed by atoms with van der Waals surface area (Å²) < 4.78 is 10.5. The molecule has 0 aliphatic carbocycles. The summed E-state index contributed by atoms with van der Waals surface area (Å²) in [4.78, 5) is 25.5. The number of carbonyl (C=O) groups is 2. The fourth-order valence-electron chi connectivity index (χ4n) is 2.60. The van der Waals surface area contributed by atoms with Crippen LogP contribution in [0.25, 0.3) is 0 Å². The van der Waals surface area contributed by atoms with Gasteiger partial charge in [0, 0.05) is 25.6 Å². The molecule has 2 rings (SSSR count). The second-order valence-corrected chi connectivity index (χ2v) is 6.33. The van der Waals surface area contributed by atoms with E-state index in [1.54, 1.807) is 19.1 Å². The molecule has 0 saturated heterocycles. The molecule has 29 heavy (non-hydrogen) atoms. The Kier molecular flexibility index (Phi) is 9.41. The minimum Gasteiger partial charge on any atom is -0.472 e. The number of nitrogens with zero attached hydrogens (tertiary/aromatic N) is 3. The van der Waals surface area contributed by atoms with Gasteiger partial charge in [-0.3, -0.25) is 9.59 Å². The Balaban J connectivity index is 1.75. The van der Waals surface area contributed by atoms with E-state index in [0.29, 0.717) is 38.0 Å². The van der Waals surface area contributed by atoms with Gasteiger partial charge in [0.1, 0.15) is 19.0 Å². The van der Waals surface area contributed by atoms with Gasteiger partial charge in [0.15, 0.2) is 0 Å². The predicted molar refractivity (Wildman–Crippen MR) is 109 cm³/mol. The Labute approximate surface area is 171 Å². The molecule has 0 saturated carbocycles. The molecule has 1 amide bonds. The SMILES string of the molecule is CCCN(CC(=O)OCC)C(=O)CCNc1ccc(OCc2ccccc2)nn1. The second-order valence-electron chi connectivity index (χ2n) is 6.33. The van der Waals surface area contributed by atoms with Gasteiger partial charge < -0.3 is 19.7 Å². The van der Waals surface area contributed by atoms with E-state index in [9.17, 15) is 9.59 Å². The van der Waals surface area contributed by atoms with Gasteiger partial charge in [-0.1, -0.05) is 37.3 Å². The molecule has 1 aromatic carbocycles. The molecule has 8 heteroatoms. The molecule has 1 aromatic heterocycles. The maximum atomic E-state index is 12.4. The highest BCUT2D eigenvalue weighted by molar-refractivity contribution is 5.82. The summed E-state index contributed by atoms with van der Waals surface area (Å²) in [7, 11) is 0. The van der Waals surface area contributed by atoms with Crippen molar-refractivity contribution in [1.82, 2.24) is 15.1 Å². The van der Waals surface area contributed by atoms with Crippen molar-refractivity contribution in [1.29, 1.82) is 0 Å². The minimum atomic E-state index is -0.390. The summed E-state index contributed by atoms with van der Waals surface area (Å²) in [6.07, 6.45) is 1.02. The number of amides is 1. The maximum Gasteiger partial charge on any atom is 0.325 e. The van der Waals surface area contributed by atoms with Crippen LogP contribution in [0.2, 0.25) is 0 Å². The molecule has 0 fully saturated rings. The third-order valence-electron chi connectivity index (χ3n) is 3.99. The zero-order chi connectivity index (χ0) is 20.9. The van der Waals surface area contributed by atoms with Gasteiger partial charge >= 0.3 is 5.97 Å². The van der Waals surface area contributed by atoms with Crippen molar-refractivity contribution >= 4 is 17.7 Å². The molecule has 8 nitrogen and oxygen atoms in total. The normalized spacial score (nSPS) is 10.3. The fraction of sp³-hybridized carbons (Fsp3) is 0.429.